The number of rotatable bonds is 9. The van der Waals surface area contributed by atoms with Crippen molar-refractivity contribution in [3.05, 3.63) is 95.3 Å². The summed E-state index contributed by atoms with van der Waals surface area (Å²) in [4.78, 5) is 82.8. The second-order valence-corrected chi connectivity index (χ2v) is 18.0. The first-order valence-electron chi connectivity index (χ1n) is 19.9. The highest BCUT2D eigenvalue weighted by Crippen LogP contribution is 2.64. The minimum absolute atomic E-state index is 0.116. The van der Waals surface area contributed by atoms with Gasteiger partial charge >= 0.3 is 29.9 Å². The number of amides is 2. The van der Waals surface area contributed by atoms with Gasteiger partial charge in [0.1, 0.15) is 23.6 Å². The van der Waals surface area contributed by atoms with E-state index < -0.39 is 112 Å². The maximum absolute atomic E-state index is 15.4. The summed E-state index contributed by atoms with van der Waals surface area (Å²) in [5.74, 6) is -7.12. The van der Waals surface area contributed by atoms with Gasteiger partial charge in [0.2, 0.25) is 0 Å². The number of Topliss-reactive ketones (excluding diaryl/α,β-unsaturated/α-hetero) is 1. The van der Waals surface area contributed by atoms with Gasteiger partial charge in [-0.2, -0.15) is 0 Å². The number of carbonyl (C=O) groups excluding carboxylic acids is 6. The summed E-state index contributed by atoms with van der Waals surface area (Å²) >= 11 is 0. The Kier molecular flexibility index (Phi) is 11.7. The van der Waals surface area contributed by atoms with E-state index in [1.165, 1.54) is 19.1 Å². The van der Waals surface area contributed by atoms with Gasteiger partial charge in [0, 0.05) is 37.1 Å². The van der Waals surface area contributed by atoms with Gasteiger partial charge < -0.3 is 44.5 Å². The standard InChI is InChI=1S/C45H54N2O13/c1-24-29(58-39(53)33(50)32(27-16-12-10-13-17-27)46-40(54)47-41(4,5)6)22-45(55)37(59-38(52)28-18-14-11-15-19-28)35-43(9,21-20-30-44(35,23-56-30)60-26(3)49)36(51)34(57-25(2)48)31(24)42(45,7)8/h10-21,30-35,37,50,55H,22-23H2,1-9H3,(H2,46,47,54)/t30-,31?,32+,33-,34-,35?,37?,43-,44+,45-/m1/s1/i40+2. The molecule has 2 aromatic rings. The number of carbonyl (C=O) groups is 6. The number of ether oxygens (including phenoxy) is 5. The summed E-state index contributed by atoms with van der Waals surface area (Å²) in [7, 11) is 0. The van der Waals surface area contributed by atoms with Crippen molar-refractivity contribution in [1.82, 2.24) is 10.6 Å². The van der Waals surface area contributed by atoms with E-state index >= 15 is 4.79 Å². The molecule has 15 nitrogen and oxygen atoms in total. The molecule has 0 spiro atoms. The monoisotopic (exact) mass is 832 g/mol. The highest BCUT2D eigenvalue weighted by Gasteiger charge is 2.76. The fourth-order valence-electron chi connectivity index (χ4n) is 9.54. The fraction of sp³-hybridized carbons (Fsp3) is 0.511. The molecule has 2 aromatic carbocycles. The van der Waals surface area contributed by atoms with Crippen LogP contribution in [-0.4, -0.2) is 93.7 Å². The van der Waals surface area contributed by atoms with Crippen molar-refractivity contribution in [2.24, 2.45) is 22.7 Å². The Morgan fingerprint density at radius 3 is 2.12 bits per heavy atom. The fourth-order valence-corrected chi connectivity index (χ4v) is 9.54. The average molecular weight is 833 g/mol. The van der Waals surface area contributed by atoms with Crippen LogP contribution in [0, 0.1) is 22.7 Å². The zero-order valence-electron chi connectivity index (χ0n) is 35.3. The number of benzene rings is 2. The van der Waals surface area contributed by atoms with Crippen LogP contribution in [-0.2, 0) is 42.9 Å². The van der Waals surface area contributed by atoms with Crippen LogP contribution in [0.4, 0.5) is 4.79 Å². The van der Waals surface area contributed by atoms with E-state index in [2.05, 4.69) is 10.6 Å². The molecule has 6 rings (SSSR count). The van der Waals surface area contributed by atoms with Crippen LogP contribution in [0.15, 0.2) is 84.1 Å². The normalized spacial score (nSPS) is 31.3. The van der Waals surface area contributed by atoms with Crippen LogP contribution in [0.3, 0.4) is 0 Å². The zero-order valence-corrected chi connectivity index (χ0v) is 35.3. The minimum Gasteiger partial charge on any atom is -0.455 e. The van der Waals surface area contributed by atoms with Crippen molar-refractivity contribution in [2.45, 2.75) is 116 Å². The molecule has 1 heterocycles. The van der Waals surface area contributed by atoms with Crippen LogP contribution < -0.4 is 10.6 Å². The molecule has 4 N–H and O–H groups in total. The Bertz CT molecular complexity index is 2110. The number of aliphatic hydroxyl groups excluding tert-OH is 1. The molecule has 15 heteroatoms. The van der Waals surface area contributed by atoms with Gasteiger partial charge in [0.15, 0.2) is 23.6 Å². The number of fused-ring (bicyclic) bond motifs is 5. The lowest BCUT2D eigenvalue weighted by Crippen LogP contribution is -2.79. The van der Waals surface area contributed by atoms with Crippen LogP contribution in [0.5, 0.6) is 0 Å². The van der Waals surface area contributed by atoms with Crippen molar-refractivity contribution in [3.63, 3.8) is 0 Å². The molecule has 3 aliphatic carbocycles. The summed E-state index contributed by atoms with van der Waals surface area (Å²) in [5, 5.41) is 30.7. The van der Waals surface area contributed by atoms with E-state index in [4.69, 9.17) is 23.7 Å². The highest BCUT2D eigenvalue weighted by molar-refractivity contribution is 5.94. The largest absolute Gasteiger partial charge is 0.455 e. The van der Waals surface area contributed by atoms with E-state index in [1.54, 1.807) is 109 Å². The first-order valence-corrected chi connectivity index (χ1v) is 19.9. The maximum Gasteiger partial charge on any atom is 0.342 e. The third-order valence-corrected chi connectivity index (χ3v) is 12.4. The van der Waals surface area contributed by atoms with Crippen LogP contribution in [0.2, 0.25) is 0 Å². The van der Waals surface area contributed by atoms with Crippen LogP contribution >= 0.6 is 0 Å². The third-order valence-electron chi connectivity index (χ3n) is 12.4. The molecule has 322 valence electrons. The lowest BCUT2D eigenvalue weighted by molar-refractivity contribution is -0.311. The van der Waals surface area contributed by atoms with Gasteiger partial charge in [-0.05, 0) is 57.9 Å². The second kappa shape index (κ2) is 15.9. The number of nitrogens with one attached hydrogen (secondary N) is 2. The Morgan fingerprint density at radius 2 is 1.57 bits per heavy atom. The van der Waals surface area contributed by atoms with Gasteiger partial charge in [0.25, 0.3) is 0 Å². The summed E-state index contributed by atoms with van der Waals surface area (Å²) in [6.07, 6.45) is -3.69. The quantitative estimate of drug-likeness (QED) is 0.157. The van der Waals surface area contributed by atoms with Crippen molar-refractivity contribution in [1.29, 1.82) is 0 Å². The molecule has 1 saturated carbocycles. The lowest BCUT2D eigenvalue weighted by Gasteiger charge is -2.65. The Hall–Kier alpha value is -5.38. The number of allylic oxidation sites excluding steroid dienone is 1. The second-order valence-electron chi connectivity index (χ2n) is 18.0. The van der Waals surface area contributed by atoms with E-state index in [0.29, 0.717) is 5.56 Å². The molecule has 0 aromatic heterocycles. The number of ketones is 1. The number of hydrogen-bond acceptors (Lipinski definition) is 13. The number of hydrogen-bond donors (Lipinski definition) is 4. The summed E-state index contributed by atoms with van der Waals surface area (Å²) < 4.78 is 30.3. The average Bonchev–Trinajstić information content (AvgIpc) is 3.15. The predicted octanol–water partition coefficient (Wildman–Crippen LogP) is 4.41. The molecule has 3 unspecified atom stereocenters. The SMILES string of the molecule is CC(=O)O[C@H]1C(=O)[C@]2(C)C=C[C@H]3OC[C@@]3(OC(C)=O)C2C(OC(=O)c2ccccc2)[C@]2(O)CC(OC(=O)[C@H](O)[C@@H](N[14C](=O)NC(C)(C)C)c3ccccc3)=C(C)C1C2(C)C. The van der Waals surface area contributed by atoms with Crippen molar-refractivity contribution in [3.8, 4) is 0 Å². The van der Waals surface area contributed by atoms with Gasteiger partial charge in [-0.3, -0.25) is 14.4 Å². The number of urea groups is 1. The van der Waals surface area contributed by atoms with Gasteiger partial charge in [-0.1, -0.05) is 74.5 Å². The summed E-state index contributed by atoms with van der Waals surface area (Å²) in [6.45, 7) is 13.7. The third kappa shape index (κ3) is 7.74. The molecule has 10 atom stereocenters. The first kappa shape index (κ1) is 44.2. The topological polar surface area (TPSA) is 213 Å². The summed E-state index contributed by atoms with van der Waals surface area (Å²) in [6, 6.07) is 14.3. The number of esters is 4. The van der Waals surface area contributed by atoms with Crippen LogP contribution in [0.1, 0.15) is 90.7 Å². The first-order chi connectivity index (χ1) is 28.0. The Labute approximate surface area is 348 Å². The van der Waals surface area contributed by atoms with Crippen molar-refractivity contribution in [2.75, 3.05) is 6.61 Å². The molecular formula is C45H54N2O13. The Morgan fingerprint density at radius 1 is 0.950 bits per heavy atom. The molecule has 4 aliphatic rings. The molecule has 60 heavy (non-hydrogen) atoms. The van der Waals surface area contributed by atoms with Gasteiger partial charge in [0.05, 0.1) is 29.5 Å². The van der Waals surface area contributed by atoms with Crippen molar-refractivity contribution < 1.29 is 62.7 Å². The molecular weight excluding hydrogens is 778 g/mol. The molecule has 1 saturated heterocycles. The molecule has 2 fully saturated rings. The molecule has 0 radical (unpaired) electrons. The zero-order chi connectivity index (χ0) is 44.2. The minimum atomic E-state index is -2.30. The molecule has 2 bridgehead atoms. The van der Waals surface area contributed by atoms with Crippen molar-refractivity contribution >= 4 is 35.7 Å². The van der Waals surface area contributed by atoms with Gasteiger partial charge in [-0.25, -0.2) is 14.4 Å². The molecule has 1 aliphatic heterocycles. The van der Waals surface area contributed by atoms with E-state index in [9.17, 15) is 34.2 Å². The number of aliphatic hydroxyl groups is 2. The van der Waals surface area contributed by atoms with Crippen LogP contribution in [0.25, 0.3) is 0 Å². The van der Waals surface area contributed by atoms with E-state index in [0.717, 1.165) is 6.92 Å². The predicted molar refractivity (Wildman–Crippen MR) is 213 cm³/mol. The smallest absolute Gasteiger partial charge is 0.342 e. The summed E-state index contributed by atoms with van der Waals surface area (Å²) in [5.41, 5.74) is -7.18. The van der Waals surface area contributed by atoms with E-state index in [-0.39, 0.29) is 23.5 Å². The highest BCUT2D eigenvalue weighted by atomic mass is 16.6. The van der Waals surface area contributed by atoms with E-state index in [1.807, 2.05) is 0 Å². The molecule has 2 amide bonds. The van der Waals surface area contributed by atoms with Gasteiger partial charge in [-0.15, -0.1) is 0 Å². The maximum atomic E-state index is 15.4. The lowest BCUT2D eigenvalue weighted by atomic mass is 9.45. The Balaban J connectivity index is 1.52.